The number of aryl methyl sites for hydroxylation is 1. The fraction of sp³-hybridized carbons (Fsp3) is 0.143. The van der Waals surface area contributed by atoms with Crippen LogP contribution < -0.4 is 4.74 Å². The largest absolute Gasteiger partial charge is 0.488 e. The molecule has 0 aliphatic heterocycles. The molecule has 0 aliphatic carbocycles. The minimum Gasteiger partial charge on any atom is -0.488 e. The van der Waals surface area contributed by atoms with Crippen LogP contribution in [0.1, 0.15) is 29.2 Å². The van der Waals surface area contributed by atoms with Gasteiger partial charge in [-0.05, 0) is 36.1 Å². The van der Waals surface area contributed by atoms with Gasteiger partial charge in [0.1, 0.15) is 18.0 Å². The molecule has 0 bridgehead atoms. The maximum atomic E-state index is 11.7. The van der Waals surface area contributed by atoms with Crippen molar-refractivity contribution in [2.24, 2.45) is 0 Å². The van der Waals surface area contributed by atoms with Crippen molar-refractivity contribution < 1.29 is 9.84 Å². The average molecular weight is 395 g/mol. The normalized spacial score (nSPS) is 12.9. The minimum atomic E-state index is -1.19. The van der Waals surface area contributed by atoms with E-state index in [1.165, 1.54) is 0 Å². The van der Waals surface area contributed by atoms with Crippen molar-refractivity contribution in [3.63, 3.8) is 0 Å². The molecule has 30 heavy (non-hydrogen) atoms. The zero-order chi connectivity index (χ0) is 21.0. The van der Waals surface area contributed by atoms with Crippen molar-refractivity contribution in [2.45, 2.75) is 26.1 Å². The van der Waals surface area contributed by atoms with E-state index in [0.717, 1.165) is 33.4 Å². The van der Waals surface area contributed by atoms with Gasteiger partial charge >= 0.3 is 0 Å². The van der Waals surface area contributed by atoms with Crippen LogP contribution in [0.5, 0.6) is 5.75 Å². The molecule has 0 aliphatic rings. The SMILES string of the molecule is Cc1ccccc1C(C)(O)c1cccc(-c2ccccc2)c1OCc1ccccc1. The maximum absolute atomic E-state index is 11.7. The Hall–Kier alpha value is -3.36. The van der Waals surface area contributed by atoms with Gasteiger partial charge in [0.15, 0.2) is 0 Å². The molecule has 0 saturated carbocycles. The molecule has 0 fully saturated rings. The number of hydrogen-bond acceptors (Lipinski definition) is 2. The first-order valence-electron chi connectivity index (χ1n) is 10.2. The van der Waals surface area contributed by atoms with Crippen molar-refractivity contribution >= 4 is 0 Å². The first-order chi connectivity index (χ1) is 14.6. The highest BCUT2D eigenvalue weighted by Crippen LogP contribution is 2.42. The van der Waals surface area contributed by atoms with Crippen molar-refractivity contribution in [1.29, 1.82) is 0 Å². The van der Waals surface area contributed by atoms with E-state index in [4.69, 9.17) is 4.74 Å². The zero-order valence-corrected chi connectivity index (χ0v) is 17.4. The first-order valence-corrected chi connectivity index (χ1v) is 10.2. The smallest absolute Gasteiger partial charge is 0.134 e. The van der Waals surface area contributed by atoms with E-state index in [9.17, 15) is 5.11 Å². The summed E-state index contributed by atoms with van der Waals surface area (Å²) in [5.41, 5.74) is 4.60. The van der Waals surface area contributed by atoms with Crippen LogP contribution >= 0.6 is 0 Å². The Morgan fingerprint density at radius 2 is 1.30 bits per heavy atom. The second kappa shape index (κ2) is 8.56. The van der Waals surface area contributed by atoms with Crippen LogP contribution in [-0.4, -0.2) is 5.11 Å². The lowest BCUT2D eigenvalue weighted by molar-refractivity contribution is 0.0968. The third kappa shape index (κ3) is 4.00. The summed E-state index contributed by atoms with van der Waals surface area (Å²) in [5, 5.41) is 11.7. The zero-order valence-electron chi connectivity index (χ0n) is 17.4. The fourth-order valence-electron chi connectivity index (χ4n) is 3.91. The number of benzene rings is 4. The molecule has 0 radical (unpaired) electrons. The van der Waals surface area contributed by atoms with Gasteiger partial charge in [0.05, 0.1) is 0 Å². The Labute approximate surface area is 178 Å². The van der Waals surface area contributed by atoms with Crippen molar-refractivity contribution in [3.8, 4) is 16.9 Å². The van der Waals surface area contributed by atoms with Crippen LogP contribution in [0, 0.1) is 6.92 Å². The number of para-hydroxylation sites is 1. The van der Waals surface area contributed by atoms with Crippen LogP contribution in [0.4, 0.5) is 0 Å². The molecule has 150 valence electrons. The van der Waals surface area contributed by atoms with E-state index in [1.807, 2.05) is 105 Å². The Balaban J connectivity index is 1.84. The maximum Gasteiger partial charge on any atom is 0.134 e. The molecule has 4 aromatic carbocycles. The van der Waals surface area contributed by atoms with Crippen LogP contribution in [0.25, 0.3) is 11.1 Å². The first kappa shape index (κ1) is 19.9. The number of aliphatic hydroxyl groups is 1. The Kier molecular flexibility index (Phi) is 5.69. The van der Waals surface area contributed by atoms with Crippen molar-refractivity contribution in [1.82, 2.24) is 0 Å². The van der Waals surface area contributed by atoms with Crippen LogP contribution in [0.15, 0.2) is 103 Å². The van der Waals surface area contributed by atoms with E-state index in [1.54, 1.807) is 0 Å². The minimum absolute atomic E-state index is 0.432. The molecule has 2 nitrogen and oxygen atoms in total. The van der Waals surface area contributed by atoms with Gasteiger partial charge in [-0.15, -0.1) is 0 Å². The van der Waals surface area contributed by atoms with Crippen molar-refractivity contribution in [3.05, 3.63) is 125 Å². The highest BCUT2D eigenvalue weighted by molar-refractivity contribution is 5.73. The fourth-order valence-corrected chi connectivity index (χ4v) is 3.91. The van der Waals surface area contributed by atoms with Crippen LogP contribution in [0.2, 0.25) is 0 Å². The predicted molar refractivity (Wildman–Crippen MR) is 123 cm³/mol. The van der Waals surface area contributed by atoms with E-state index < -0.39 is 5.60 Å². The molecule has 0 aromatic heterocycles. The lowest BCUT2D eigenvalue weighted by atomic mass is 9.83. The molecule has 2 heteroatoms. The molecular formula is C28H26O2. The van der Waals surface area contributed by atoms with E-state index in [0.29, 0.717) is 12.4 Å². The van der Waals surface area contributed by atoms with E-state index >= 15 is 0 Å². The molecule has 1 unspecified atom stereocenters. The van der Waals surface area contributed by atoms with Crippen molar-refractivity contribution in [2.75, 3.05) is 0 Å². The monoisotopic (exact) mass is 394 g/mol. The summed E-state index contributed by atoms with van der Waals surface area (Å²) >= 11 is 0. The summed E-state index contributed by atoms with van der Waals surface area (Å²) in [6.07, 6.45) is 0. The van der Waals surface area contributed by atoms with Gasteiger partial charge < -0.3 is 9.84 Å². The second-order valence-electron chi connectivity index (χ2n) is 7.71. The average Bonchev–Trinajstić information content (AvgIpc) is 2.79. The third-order valence-corrected chi connectivity index (χ3v) is 5.52. The summed E-state index contributed by atoms with van der Waals surface area (Å²) in [6, 6.07) is 34.2. The van der Waals surface area contributed by atoms with Gasteiger partial charge in [-0.25, -0.2) is 0 Å². The topological polar surface area (TPSA) is 29.5 Å². The van der Waals surface area contributed by atoms with E-state index in [2.05, 4.69) is 12.1 Å². The molecule has 1 N–H and O–H groups in total. The lowest BCUT2D eigenvalue weighted by Gasteiger charge is -2.29. The molecule has 0 spiro atoms. The van der Waals surface area contributed by atoms with Gasteiger partial charge in [-0.1, -0.05) is 103 Å². The van der Waals surface area contributed by atoms with Gasteiger partial charge in [0.2, 0.25) is 0 Å². The highest BCUT2D eigenvalue weighted by Gasteiger charge is 2.31. The molecule has 1 atom stereocenters. The second-order valence-corrected chi connectivity index (χ2v) is 7.71. The summed E-state index contributed by atoms with van der Waals surface area (Å²) in [7, 11) is 0. The summed E-state index contributed by atoms with van der Waals surface area (Å²) in [6.45, 7) is 4.30. The molecule has 0 amide bonds. The number of rotatable bonds is 6. The number of hydrogen-bond donors (Lipinski definition) is 1. The Morgan fingerprint density at radius 1 is 0.700 bits per heavy atom. The predicted octanol–water partition coefficient (Wildman–Crippen LogP) is 6.50. The number of ether oxygens (including phenoxy) is 1. The lowest BCUT2D eigenvalue weighted by Crippen LogP contribution is -2.25. The summed E-state index contributed by atoms with van der Waals surface area (Å²) < 4.78 is 6.40. The van der Waals surface area contributed by atoms with Gasteiger partial charge in [0, 0.05) is 11.1 Å². The molecule has 4 aromatic rings. The molecule has 0 saturated heterocycles. The van der Waals surface area contributed by atoms with E-state index in [-0.39, 0.29) is 0 Å². The highest BCUT2D eigenvalue weighted by atomic mass is 16.5. The third-order valence-electron chi connectivity index (χ3n) is 5.52. The molecular weight excluding hydrogens is 368 g/mol. The van der Waals surface area contributed by atoms with Crippen LogP contribution in [-0.2, 0) is 12.2 Å². The Bertz CT molecular complexity index is 1120. The standard InChI is InChI=1S/C28H26O2/c1-21-12-9-10-18-25(21)28(2,29)26-19-11-17-24(23-15-7-4-8-16-23)27(26)30-20-22-13-5-3-6-14-22/h3-19,29H,20H2,1-2H3. The quantitative estimate of drug-likeness (QED) is 0.405. The molecule has 0 heterocycles. The van der Waals surface area contributed by atoms with Gasteiger partial charge in [-0.2, -0.15) is 0 Å². The Morgan fingerprint density at radius 3 is 2.00 bits per heavy atom. The summed E-state index contributed by atoms with van der Waals surface area (Å²) in [4.78, 5) is 0. The van der Waals surface area contributed by atoms with Crippen LogP contribution in [0.3, 0.4) is 0 Å². The van der Waals surface area contributed by atoms with Gasteiger partial charge in [0.25, 0.3) is 0 Å². The van der Waals surface area contributed by atoms with Gasteiger partial charge in [-0.3, -0.25) is 0 Å². The molecule has 4 rings (SSSR count). The summed E-state index contributed by atoms with van der Waals surface area (Å²) in [5.74, 6) is 0.709.